The first kappa shape index (κ1) is 14.2. The summed E-state index contributed by atoms with van der Waals surface area (Å²) in [6.45, 7) is 5.07. The predicted octanol–water partition coefficient (Wildman–Crippen LogP) is 2.22. The largest absolute Gasteiger partial charge is 0.317 e. The van der Waals surface area contributed by atoms with Gasteiger partial charge in [-0.05, 0) is 43.6 Å². The maximum absolute atomic E-state index is 12.9. The molecule has 1 aromatic rings. The second-order valence-electron chi connectivity index (χ2n) is 4.75. The van der Waals surface area contributed by atoms with Crippen LogP contribution >= 0.6 is 0 Å². The van der Waals surface area contributed by atoms with E-state index in [9.17, 15) is 12.8 Å². The lowest BCUT2D eigenvalue weighted by molar-refractivity contribution is 0.493. The third kappa shape index (κ3) is 3.04. The highest BCUT2D eigenvalue weighted by Crippen LogP contribution is 2.30. The van der Waals surface area contributed by atoms with Gasteiger partial charge in [-0.15, -0.1) is 6.58 Å². The number of piperidine rings is 1. The summed E-state index contributed by atoms with van der Waals surface area (Å²) in [7, 11) is -3.32. The third-order valence-electron chi connectivity index (χ3n) is 3.52. The molecular formula is C14H18FNO2S. The molecule has 1 unspecified atom stereocenters. The number of nitrogens with one attached hydrogen (secondary N) is 1. The van der Waals surface area contributed by atoms with Gasteiger partial charge in [0.15, 0.2) is 9.84 Å². The highest BCUT2D eigenvalue weighted by molar-refractivity contribution is 7.92. The summed E-state index contributed by atoms with van der Waals surface area (Å²) in [5, 5.41) is 2.05. The van der Waals surface area contributed by atoms with Crippen molar-refractivity contribution in [2.24, 2.45) is 0 Å². The number of hydrogen-bond donors (Lipinski definition) is 1. The summed E-state index contributed by atoms with van der Waals surface area (Å²) < 4.78 is 38.1. The van der Waals surface area contributed by atoms with E-state index < -0.39 is 15.1 Å². The van der Waals surface area contributed by atoms with Crippen molar-refractivity contribution in [1.82, 2.24) is 5.32 Å². The van der Waals surface area contributed by atoms with Crippen molar-refractivity contribution in [2.45, 2.75) is 23.3 Å². The molecule has 3 nitrogen and oxygen atoms in total. The number of rotatable bonds is 4. The van der Waals surface area contributed by atoms with Crippen LogP contribution in [-0.2, 0) is 9.84 Å². The molecule has 1 atom stereocenters. The first-order chi connectivity index (χ1) is 9.05. The van der Waals surface area contributed by atoms with Gasteiger partial charge in [0.1, 0.15) is 11.1 Å². The highest BCUT2D eigenvalue weighted by Gasteiger charge is 2.33. The minimum Gasteiger partial charge on any atom is -0.317 e. The van der Waals surface area contributed by atoms with Crippen LogP contribution in [0.2, 0.25) is 0 Å². The summed E-state index contributed by atoms with van der Waals surface area (Å²) in [6, 6.07) is 5.59. The normalized spacial score (nSPS) is 19.0. The van der Waals surface area contributed by atoms with Crippen LogP contribution in [0.25, 0.3) is 0 Å². The number of sulfone groups is 1. The number of hydrogen-bond acceptors (Lipinski definition) is 3. The zero-order valence-corrected chi connectivity index (χ0v) is 11.5. The first-order valence-electron chi connectivity index (χ1n) is 6.37. The fourth-order valence-electron chi connectivity index (χ4n) is 2.44. The Morgan fingerprint density at radius 1 is 1.26 bits per heavy atom. The highest BCUT2D eigenvalue weighted by atomic mass is 32.2. The molecule has 0 spiro atoms. The van der Waals surface area contributed by atoms with Gasteiger partial charge in [-0.3, -0.25) is 0 Å². The molecule has 1 heterocycles. The summed E-state index contributed by atoms with van der Waals surface area (Å²) in [5.41, 5.74) is 0.579. The Kier molecular flexibility index (Phi) is 4.37. The number of benzene rings is 1. The zero-order chi connectivity index (χ0) is 13.9. The molecule has 1 N–H and O–H groups in total. The Hall–Kier alpha value is -1.20. The van der Waals surface area contributed by atoms with E-state index in [2.05, 4.69) is 11.9 Å². The van der Waals surface area contributed by atoms with Crippen molar-refractivity contribution in [3.63, 3.8) is 0 Å². The van der Waals surface area contributed by atoms with E-state index in [4.69, 9.17) is 0 Å². The van der Waals surface area contributed by atoms with Gasteiger partial charge in [0.25, 0.3) is 0 Å². The van der Waals surface area contributed by atoms with Crippen molar-refractivity contribution in [1.29, 1.82) is 0 Å². The molecular weight excluding hydrogens is 265 g/mol. The van der Waals surface area contributed by atoms with Crippen molar-refractivity contribution in [3.8, 4) is 0 Å². The summed E-state index contributed by atoms with van der Waals surface area (Å²) in [4.78, 5) is 0. The lowest BCUT2D eigenvalue weighted by Gasteiger charge is -2.26. The minimum atomic E-state index is -3.32. The van der Waals surface area contributed by atoms with Gasteiger partial charge < -0.3 is 5.32 Å². The van der Waals surface area contributed by atoms with Crippen LogP contribution in [0, 0.1) is 5.82 Å². The molecule has 1 aliphatic heterocycles. The maximum atomic E-state index is 12.9. The standard InChI is InChI=1S/C14H18FNO2S/c1-2-14(11-3-5-12(15)6-4-11)19(17,18)13-7-9-16-10-8-13/h2-6,13-14,16H,1,7-10H2. The SMILES string of the molecule is C=CC(c1ccc(F)cc1)S(=O)(=O)C1CCNCC1. The fraction of sp³-hybridized carbons (Fsp3) is 0.429. The van der Waals surface area contributed by atoms with Crippen LogP contribution in [-0.4, -0.2) is 26.8 Å². The minimum absolute atomic E-state index is 0.346. The molecule has 5 heteroatoms. The van der Waals surface area contributed by atoms with Gasteiger partial charge in [0.2, 0.25) is 0 Å². The molecule has 1 aromatic carbocycles. The van der Waals surface area contributed by atoms with E-state index in [0.717, 1.165) is 13.1 Å². The molecule has 19 heavy (non-hydrogen) atoms. The lowest BCUT2D eigenvalue weighted by Crippen LogP contribution is -2.37. The van der Waals surface area contributed by atoms with Crippen molar-refractivity contribution < 1.29 is 12.8 Å². The van der Waals surface area contributed by atoms with Crippen LogP contribution in [0.4, 0.5) is 4.39 Å². The van der Waals surface area contributed by atoms with Gasteiger partial charge in [0.05, 0.1) is 5.25 Å². The van der Waals surface area contributed by atoms with Gasteiger partial charge in [0, 0.05) is 0 Å². The Balaban J connectivity index is 2.29. The molecule has 0 bridgehead atoms. The van der Waals surface area contributed by atoms with Crippen LogP contribution in [0.3, 0.4) is 0 Å². The lowest BCUT2D eigenvalue weighted by atomic mass is 10.1. The Morgan fingerprint density at radius 2 is 1.84 bits per heavy atom. The van der Waals surface area contributed by atoms with E-state index in [1.807, 2.05) is 0 Å². The molecule has 0 radical (unpaired) electrons. The summed E-state index contributed by atoms with van der Waals surface area (Å²) in [6.07, 6.45) is 2.67. The smallest absolute Gasteiger partial charge is 0.163 e. The quantitative estimate of drug-likeness (QED) is 0.862. The molecule has 2 rings (SSSR count). The molecule has 0 aromatic heterocycles. The van der Waals surface area contributed by atoms with E-state index in [1.165, 1.54) is 30.3 Å². The third-order valence-corrected chi connectivity index (χ3v) is 6.09. The van der Waals surface area contributed by atoms with Crippen LogP contribution in [0.1, 0.15) is 23.7 Å². The van der Waals surface area contributed by atoms with E-state index in [1.54, 1.807) is 0 Å². The second-order valence-corrected chi connectivity index (χ2v) is 7.10. The Labute approximate surface area is 113 Å². The van der Waals surface area contributed by atoms with Crippen LogP contribution < -0.4 is 5.32 Å². The van der Waals surface area contributed by atoms with E-state index in [-0.39, 0.29) is 11.1 Å². The van der Waals surface area contributed by atoms with Crippen LogP contribution in [0.5, 0.6) is 0 Å². The summed E-state index contributed by atoms with van der Waals surface area (Å²) in [5.74, 6) is -0.370. The Bertz CT molecular complexity index is 533. The molecule has 0 amide bonds. The average molecular weight is 283 g/mol. The van der Waals surface area contributed by atoms with E-state index >= 15 is 0 Å². The average Bonchev–Trinajstić information content (AvgIpc) is 2.42. The van der Waals surface area contributed by atoms with Crippen molar-refractivity contribution in [3.05, 3.63) is 48.3 Å². The zero-order valence-electron chi connectivity index (χ0n) is 10.7. The Morgan fingerprint density at radius 3 is 2.37 bits per heavy atom. The fourth-order valence-corrected chi connectivity index (χ4v) is 4.56. The second kappa shape index (κ2) is 5.84. The summed E-state index contributed by atoms with van der Waals surface area (Å²) >= 11 is 0. The molecule has 1 saturated heterocycles. The molecule has 0 saturated carbocycles. The molecule has 0 aliphatic carbocycles. The molecule has 104 valence electrons. The number of halogens is 1. The van der Waals surface area contributed by atoms with Gasteiger partial charge in [-0.25, -0.2) is 12.8 Å². The maximum Gasteiger partial charge on any atom is 0.163 e. The van der Waals surface area contributed by atoms with Crippen LogP contribution in [0.15, 0.2) is 36.9 Å². The topological polar surface area (TPSA) is 46.2 Å². The molecule has 1 aliphatic rings. The van der Waals surface area contributed by atoms with Gasteiger partial charge in [-0.2, -0.15) is 0 Å². The molecule has 1 fully saturated rings. The first-order valence-corrected chi connectivity index (χ1v) is 7.98. The van der Waals surface area contributed by atoms with Gasteiger partial charge in [-0.1, -0.05) is 18.2 Å². The van der Waals surface area contributed by atoms with Gasteiger partial charge >= 0.3 is 0 Å². The van der Waals surface area contributed by atoms with Crippen molar-refractivity contribution in [2.75, 3.05) is 13.1 Å². The monoisotopic (exact) mass is 283 g/mol. The van der Waals surface area contributed by atoms with E-state index in [0.29, 0.717) is 18.4 Å². The predicted molar refractivity (Wildman–Crippen MR) is 74.1 cm³/mol. The van der Waals surface area contributed by atoms with Crippen molar-refractivity contribution >= 4 is 9.84 Å².